The van der Waals surface area contributed by atoms with Crippen LogP contribution in [0.3, 0.4) is 0 Å². The number of likely N-dealkylation sites (N-methyl/N-ethyl adjacent to an activating group) is 1. The SMILES string of the molecule is Cc1ccc(NC(=O)CN(C)C(=O)Cn2ccc(=O)[nH]c2=O)cc1. The first kappa shape index (κ1) is 17.2. The lowest BCUT2D eigenvalue weighted by molar-refractivity contribution is -0.133. The van der Waals surface area contributed by atoms with Gasteiger partial charge < -0.3 is 10.2 Å². The van der Waals surface area contributed by atoms with E-state index in [9.17, 15) is 19.2 Å². The second-order valence-electron chi connectivity index (χ2n) is 5.40. The van der Waals surface area contributed by atoms with Crippen LogP contribution in [0.1, 0.15) is 5.56 Å². The van der Waals surface area contributed by atoms with Crippen molar-refractivity contribution in [1.29, 1.82) is 0 Å². The molecule has 0 aliphatic rings. The van der Waals surface area contributed by atoms with Crippen molar-refractivity contribution in [3.8, 4) is 0 Å². The highest BCUT2D eigenvalue weighted by Crippen LogP contribution is 2.08. The van der Waals surface area contributed by atoms with Crippen LogP contribution in [-0.4, -0.2) is 39.9 Å². The van der Waals surface area contributed by atoms with E-state index in [-0.39, 0.29) is 19.0 Å². The topological polar surface area (TPSA) is 104 Å². The predicted molar refractivity (Wildman–Crippen MR) is 88.8 cm³/mol. The number of amides is 2. The molecule has 2 rings (SSSR count). The van der Waals surface area contributed by atoms with Crippen LogP contribution in [0.5, 0.6) is 0 Å². The quantitative estimate of drug-likeness (QED) is 0.801. The van der Waals surface area contributed by atoms with Gasteiger partial charge in [0.15, 0.2) is 0 Å². The molecule has 8 heteroatoms. The molecule has 0 atom stereocenters. The van der Waals surface area contributed by atoms with Crippen LogP contribution in [0.15, 0.2) is 46.1 Å². The smallest absolute Gasteiger partial charge is 0.328 e. The van der Waals surface area contributed by atoms with E-state index in [1.54, 1.807) is 12.1 Å². The summed E-state index contributed by atoms with van der Waals surface area (Å²) in [6, 6.07) is 8.43. The average Bonchev–Trinajstić information content (AvgIpc) is 2.52. The Morgan fingerprint density at radius 3 is 2.46 bits per heavy atom. The molecule has 0 saturated carbocycles. The Balaban J connectivity index is 1.93. The number of aryl methyl sites for hydroxylation is 1. The van der Waals surface area contributed by atoms with Crippen molar-refractivity contribution in [3.05, 3.63) is 62.9 Å². The van der Waals surface area contributed by atoms with Crippen molar-refractivity contribution in [1.82, 2.24) is 14.5 Å². The summed E-state index contributed by atoms with van der Waals surface area (Å²) in [5, 5.41) is 2.69. The fourth-order valence-electron chi connectivity index (χ4n) is 1.98. The number of aromatic amines is 1. The number of hydrogen-bond acceptors (Lipinski definition) is 4. The lowest BCUT2D eigenvalue weighted by atomic mass is 10.2. The van der Waals surface area contributed by atoms with Gasteiger partial charge in [0.05, 0.1) is 6.54 Å². The summed E-state index contributed by atoms with van der Waals surface area (Å²) in [6.07, 6.45) is 1.24. The number of benzene rings is 1. The largest absolute Gasteiger partial charge is 0.335 e. The van der Waals surface area contributed by atoms with Crippen LogP contribution >= 0.6 is 0 Å². The van der Waals surface area contributed by atoms with Gasteiger partial charge in [0, 0.05) is 25.0 Å². The van der Waals surface area contributed by atoms with E-state index >= 15 is 0 Å². The van der Waals surface area contributed by atoms with Crippen LogP contribution < -0.4 is 16.6 Å². The molecule has 2 N–H and O–H groups in total. The summed E-state index contributed by atoms with van der Waals surface area (Å²) in [6.45, 7) is 1.53. The van der Waals surface area contributed by atoms with Gasteiger partial charge >= 0.3 is 5.69 Å². The van der Waals surface area contributed by atoms with Gasteiger partial charge in [-0.05, 0) is 19.1 Å². The Labute approximate surface area is 137 Å². The normalized spacial score (nSPS) is 10.2. The zero-order valence-corrected chi connectivity index (χ0v) is 13.4. The number of nitrogens with zero attached hydrogens (tertiary/aromatic N) is 2. The molecule has 0 aliphatic carbocycles. The van der Waals surface area contributed by atoms with Crippen LogP contribution in [-0.2, 0) is 16.1 Å². The molecule has 126 valence electrons. The molecule has 0 radical (unpaired) electrons. The average molecular weight is 330 g/mol. The number of carbonyl (C=O) groups excluding carboxylic acids is 2. The first-order valence-corrected chi connectivity index (χ1v) is 7.25. The van der Waals surface area contributed by atoms with Gasteiger partial charge in [-0.25, -0.2) is 4.79 Å². The maximum absolute atomic E-state index is 12.1. The maximum Gasteiger partial charge on any atom is 0.328 e. The third kappa shape index (κ3) is 4.67. The highest BCUT2D eigenvalue weighted by atomic mass is 16.2. The molecular formula is C16H18N4O4. The van der Waals surface area contributed by atoms with E-state index in [0.29, 0.717) is 5.69 Å². The Morgan fingerprint density at radius 2 is 1.83 bits per heavy atom. The number of nitrogens with one attached hydrogen (secondary N) is 2. The van der Waals surface area contributed by atoms with Gasteiger partial charge in [-0.2, -0.15) is 0 Å². The monoisotopic (exact) mass is 330 g/mol. The third-order valence-electron chi connectivity index (χ3n) is 3.34. The number of rotatable bonds is 5. The number of H-pyrrole nitrogens is 1. The zero-order chi connectivity index (χ0) is 17.7. The van der Waals surface area contributed by atoms with E-state index in [2.05, 4.69) is 10.3 Å². The first-order chi connectivity index (χ1) is 11.3. The number of hydrogen-bond donors (Lipinski definition) is 2. The number of aromatic nitrogens is 2. The minimum Gasteiger partial charge on any atom is -0.335 e. The summed E-state index contributed by atoms with van der Waals surface area (Å²) in [7, 11) is 1.47. The Bertz CT molecular complexity index is 851. The Morgan fingerprint density at radius 1 is 1.17 bits per heavy atom. The highest BCUT2D eigenvalue weighted by Gasteiger charge is 2.14. The first-order valence-electron chi connectivity index (χ1n) is 7.25. The lowest BCUT2D eigenvalue weighted by Crippen LogP contribution is -2.39. The molecule has 0 fully saturated rings. The molecule has 1 heterocycles. The van der Waals surface area contributed by atoms with Crippen LogP contribution in [0, 0.1) is 6.92 Å². The van der Waals surface area contributed by atoms with Crippen molar-refractivity contribution in [2.75, 3.05) is 18.9 Å². The summed E-state index contributed by atoms with van der Waals surface area (Å²) < 4.78 is 1.07. The minimum absolute atomic E-state index is 0.148. The molecule has 0 unspecified atom stereocenters. The molecule has 0 bridgehead atoms. The van der Waals surface area contributed by atoms with Crippen LogP contribution in [0.2, 0.25) is 0 Å². The molecule has 0 saturated heterocycles. The summed E-state index contributed by atoms with van der Waals surface area (Å²) >= 11 is 0. The number of carbonyl (C=O) groups is 2. The molecule has 2 aromatic rings. The van der Waals surface area contributed by atoms with Gasteiger partial charge in [0.1, 0.15) is 6.54 Å². The highest BCUT2D eigenvalue weighted by molar-refractivity contribution is 5.94. The van der Waals surface area contributed by atoms with E-state index in [1.807, 2.05) is 19.1 Å². The van der Waals surface area contributed by atoms with Crippen LogP contribution in [0.25, 0.3) is 0 Å². The summed E-state index contributed by atoms with van der Waals surface area (Å²) in [4.78, 5) is 49.8. The van der Waals surface area contributed by atoms with Crippen molar-refractivity contribution >= 4 is 17.5 Å². The van der Waals surface area contributed by atoms with Crippen molar-refractivity contribution in [3.63, 3.8) is 0 Å². The predicted octanol–water partition coefficient (Wildman–Crippen LogP) is -0.0579. The van der Waals surface area contributed by atoms with Crippen LogP contribution in [0.4, 0.5) is 5.69 Å². The van der Waals surface area contributed by atoms with Crippen molar-refractivity contribution in [2.24, 2.45) is 0 Å². The van der Waals surface area contributed by atoms with Crippen molar-refractivity contribution in [2.45, 2.75) is 13.5 Å². The van der Waals surface area contributed by atoms with Crippen molar-refractivity contribution < 1.29 is 9.59 Å². The molecule has 2 amide bonds. The molecule has 1 aromatic carbocycles. The van der Waals surface area contributed by atoms with Gasteiger partial charge in [0.25, 0.3) is 5.56 Å². The van der Waals surface area contributed by atoms with E-state index in [4.69, 9.17) is 0 Å². The van der Waals surface area contributed by atoms with E-state index in [0.717, 1.165) is 16.2 Å². The molecule has 24 heavy (non-hydrogen) atoms. The molecule has 0 aliphatic heterocycles. The maximum atomic E-state index is 12.1. The summed E-state index contributed by atoms with van der Waals surface area (Å²) in [5.74, 6) is -0.772. The lowest BCUT2D eigenvalue weighted by Gasteiger charge is -2.17. The molecule has 0 spiro atoms. The second-order valence-corrected chi connectivity index (χ2v) is 5.40. The summed E-state index contributed by atoms with van der Waals surface area (Å²) in [5.41, 5.74) is 0.512. The molecule has 8 nitrogen and oxygen atoms in total. The van der Waals surface area contributed by atoms with Gasteiger partial charge in [-0.15, -0.1) is 0 Å². The van der Waals surface area contributed by atoms with Gasteiger partial charge in [-0.3, -0.25) is 23.9 Å². The third-order valence-corrected chi connectivity index (χ3v) is 3.34. The molecule has 1 aromatic heterocycles. The molecular weight excluding hydrogens is 312 g/mol. The minimum atomic E-state index is -0.673. The Kier molecular flexibility index (Phi) is 5.31. The second kappa shape index (κ2) is 7.40. The zero-order valence-electron chi connectivity index (χ0n) is 13.4. The standard InChI is InChI=1S/C16H18N4O4/c1-11-3-5-12(6-4-11)17-14(22)9-19(2)15(23)10-20-8-7-13(21)18-16(20)24/h3-8H,9-10H2,1-2H3,(H,17,22)(H,18,21,24). The van der Waals surface area contributed by atoms with E-state index < -0.39 is 17.2 Å². The van der Waals surface area contributed by atoms with Gasteiger partial charge in [-0.1, -0.05) is 17.7 Å². The van der Waals surface area contributed by atoms with Gasteiger partial charge in [0.2, 0.25) is 11.8 Å². The number of anilines is 1. The fourth-order valence-corrected chi connectivity index (χ4v) is 1.98. The fraction of sp³-hybridized carbons (Fsp3) is 0.250. The Hall–Kier alpha value is -3.16. The van der Waals surface area contributed by atoms with E-state index in [1.165, 1.54) is 18.1 Å².